The summed E-state index contributed by atoms with van der Waals surface area (Å²) in [5, 5.41) is 6.68. The van der Waals surface area contributed by atoms with Gasteiger partial charge in [0.2, 0.25) is 5.91 Å². The molecule has 0 aliphatic carbocycles. The molecule has 1 amide bonds. The highest BCUT2D eigenvalue weighted by atomic mass is 35.5. The first-order valence-corrected chi connectivity index (χ1v) is 13.0. The number of amides is 1. The van der Waals surface area contributed by atoms with Gasteiger partial charge in [-0.25, -0.2) is 9.48 Å². The number of alkyl halides is 6. The minimum absolute atomic E-state index is 0.155. The van der Waals surface area contributed by atoms with Crippen LogP contribution in [0.5, 0.6) is 0 Å². The zero-order valence-electron chi connectivity index (χ0n) is 19.6. The summed E-state index contributed by atoms with van der Waals surface area (Å²) < 4.78 is 92.5. The summed E-state index contributed by atoms with van der Waals surface area (Å²) in [6.45, 7) is -1.59. The third-order valence-corrected chi connectivity index (χ3v) is 6.37. The summed E-state index contributed by atoms with van der Waals surface area (Å²) in [5.74, 6) is -1.47. The molecule has 2 atom stereocenters. The number of carbonyl (C=O) groups excluding carboxylic acids is 1. The summed E-state index contributed by atoms with van der Waals surface area (Å²) in [4.78, 5) is 25.7. The fourth-order valence-electron chi connectivity index (χ4n) is 3.68. The largest absolute Gasteiger partial charge is 0.616 e. The van der Waals surface area contributed by atoms with Crippen LogP contribution in [0.4, 0.5) is 26.3 Å². The minimum Gasteiger partial charge on any atom is -0.616 e. The van der Waals surface area contributed by atoms with Crippen LogP contribution in [0.3, 0.4) is 0 Å². The molecule has 2 aromatic carbocycles. The molecule has 1 heterocycles. The topological polar surface area (TPSA) is 92.0 Å². The van der Waals surface area contributed by atoms with Gasteiger partial charge in [0, 0.05) is 17.1 Å². The van der Waals surface area contributed by atoms with E-state index in [1.807, 2.05) is 0 Å². The predicted molar refractivity (Wildman–Crippen MR) is 129 cm³/mol. The highest BCUT2D eigenvalue weighted by molar-refractivity contribution is 7.90. The second kappa shape index (κ2) is 11.8. The molecule has 7 nitrogen and oxygen atoms in total. The fourth-order valence-corrected chi connectivity index (χ4v) is 4.53. The smallest absolute Gasteiger partial charge is 0.416 e. The van der Waals surface area contributed by atoms with Crippen LogP contribution in [0.25, 0.3) is 11.4 Å². The Balaban J connectivity index is 1.93. The molecule has 0 bridgehead atoms. The molecule has 2 unspecified atom stereocenters. The van der Waals surface area contributed by atoms with Gasteiger partial charge in [-0.15, -0.1) is 5.10 Å². The molecule has 1 N–H and O–H groups in total. The number of nitrogens with one attached hydrogen (secondary N) is 1. The van der Waals surface area contributed by atoms with Crippen LogP contribution < -0.4 is 11.0 Å². The number of carbonyl (C=O) groups is 1. The molecule has 206 valence electrons. The first-order valence-electron chi connectivity index (χ1n) is 10.9. The van der Waals surface area contributed by atoms with Crippen LogP contribution in [0.1, 0.15) is 23.6 Å². The van der Waals surface area contributed by atoms with Crippen molar-refractivity contribution in [3.05, 3.63) is 75.2 Å². The van der Waals surface area contributed by atoms with E-state index in [9.17, 15) is 40.5 Å². The first-order chi connectivity index (χ1) is 17.7. The van der Waals surface area contributed by atoms with Crippen molar-refractivity contribution in [3.63, 3.8) is 0 Å². The quantitative estimate of drug-likeness (QED) is 0.296. The van der Waals surface area contributed by atoms with E-state index in [2.05, 4.69) is 10.4 Å². The van der Waals surface area contributed by atoms with Crippen molar-refractivity contribution in [2.24, 2.45) is 0 Å². The van der Waals surface area contributed by atoms with Gasteiger partial charge < -0.3 is 9.87 Å². The van der Waals surface area contributed by atoms with Crippen LogP contribution in [0, 0.1) is 0 Å². The molecule has 15 heteroatoms. The van der Waals surface area contributed by atoms with Gasteiger partial charge in [0.1, 0.15) is 12.3 Å². The average molecular weight is 583 g/mol. The fraction of sp³-hybridized carbons (Fsp3) is 0.348. The van der Waals surface area contributed by atoms with Crippen molar-refractivity contribution in [3.8, 4) is 11.4 Å². The van der Waals surface area contributed by atoms with Crippen molar-refractivity contribution >= 4 is 28.7 Å². The monoisotopic (exact) mass is 582 g/mol. The molecule has 38 heavy (non-hydrogen) atoms. The maximum Gasteiger partial charge on any atom is 0.416 e. The van der Waals surface area contributed by atoms with E-state index in [1.165, 1.54) is 42.7 Å². The van der Waals surface area contributed by atoms with E-state index < -0.39 is 66.2 Å². The molecular weight excluding hydrogens is 562 g/mol. The van der Waals surface area contributed by atoms with Crippen LogP contribution in [-0.4, -0.2) is 43.0 Å². The molecular formula is C23H21ClF6N4O3S. The molecule has 3 rings (SSSR count). The van der Waals surface area contributed by atoms with Gasteiger partial charge in [-0.05, 0) is 35.9 Å². The van der Waals surface area contributed by atoms with E-state index in [0.717, 1.165) is 16.7 Å². The zero-order chi connectivity index (χ0) is 28.3. The molecule has 0 spiro atoms. The molecule has 0 saturated carbocycles. The SMILES string of the molecule is C[S+]([O-])CC(NC(=O)Cn1nc(-c2ccc(Cl)cc2)n(CCC(F)(F)F)c1=O)c1ccccc1C(F)(F)F. The van der Waals surface area contributed by atoms with Crippen molar-refractivity contribution in [1.82, 2.24) is 19.7 Å². The molecule has 0 radical (unpaired) electrons. The summed E-state index contributed by atoms with van der Waals surface area (Å²) in [5.41, 5.74) is -2.13. The number of aromatic nitrogens is 3. The second-order valence-electron chi connectivity index (χ2n) is 8.23. The van der Waals surface area contributed by atoms with Crippen molar-refractivity contribution in [1.29, 1.82) is 0 Å². The normalized spacial score (nSPS) is 13.8. The maximum atomic E-state index is 13.5. The van der Waals surface area contributed by atoms with Gasteiger partial charge in [0.15, 0.2) is 5.82 Å². The predicted octanol–water partition coefficient (Wildman–Crippen LogP) is 4.57. The number of hydrogen-bond donors (Lipinski definition) is 1. The molecule has 0 saturated heterocycles. The van der Waals surface area contributed by atoms with Crippen LogP contribution in [0.2, 0.25) is 5.02 Å². The van der Waals surface area contributed by atoms with Crippen molar-refractivity contribution in [2.75, 3.05) is 12.0 Å². The van der Waals surface area contributed by atoms with Crippen molar-refractivity contribution < 1.29 is 35.7 Å². The standard InChI is InChI=1S/C23H21ClF6N4O3S/c1-38(37)13-18(16-4-2-3-5-17(16)23(28,29)30)31-19(35)12-34-21(36)33(11-10-22(25,26)27)20(32-34)14-6-8-15(24)9-7-14/h2-9,18H,10-13H2,1H3,(H,31,35). The van der Waals surface area contributed by atoms with Gasteiger partial charge in [-0.3, -0.25) is 9.36 Å². The van der Waals surface area contributed by atoms with Crippen LogP contribution >= 0.6 is 11.6 Å². The lowest BCUT2D eigenvalue weighted by molar-refractivity contribution is -0.139. The Labute approximate surface area is 220 Å². The zero-order valence-corrected chi connectivity index (χ0v) is 21.2. The van der Waals surface area contributed by atoms with Crippen LogP contribution in [0.15, 0.2) is 53.3 Å². The number of hydrogen-bond acceptors (Lipinski definition) is 4. The summed E-state index contributed by atoms with van der Waals surface area (Å²) in [6.07, 6.45) is -9.42. The lowest BCUT2D eigenvalue weighted by atomic mass is 10.0. The highest BCUT2D eigenvalue weighted by Crippen LogP contribution is 2.35. The second-order valence-corrected chi connectivity index (χ2v) is 10.1. The Kier molecular flexibility index (Phi) is 9.21. The number of rotatable bonds is 9. The lowest BCUT2D eigenvalue weighted by Gasteiger charge is -2.23. The third kappa shape index (κ3) is 7.77. The minimum atomic E-state index is -4.75. The Bertz CT molecular complexity index is 1320. The summed E-state index contributed by atoms with van der Waals surface area (Å²) in [6, 6.07) is 8.86. The Morgan fingerprint density at radius 1 is 1.11 bits per heavy atom. The molecule has 1 aromatic heterocycles. The van der Waals surface area contributed by atoms with E-state index in [1.54, 1.807) is 0 Å². The summed E-state index contributed by atoms with van der Waals surface area (Å²) >= 11 is 4.23. The first kappa shape index (κ1) is 29.6. The van der Waals surface area contributed by atoms with E-state index >= 15 is 0 Å². The van der Waals surface area contributed by atoms with Gasteiger partial charge in [-0.1, -0.05) is 41.0 Å². The van der Waals surface area contributed by atoms with Gasteiger partial charge in [0.05, 0.1) is 24.3 Å². The van der Waals surface area contributed by atoms with Gasteiger partial charge in [-0.2, -0.15) is 26.3 Å². The number of benzene rings is 2. The van der Waals surface area contributed by atoms with E-state index in [0.29, 0.717) is 9.70 Å². The molecule has 0 fully saturated rings. The maximum absolute atomic E-state index is 13.5. The Morgan fingerprint density at radius 2 is 1.74 bits per heavy atom. The lowest BCUT2D eigenvalue weighted by Crippen LogP contribution is -2.38. The number of nitrogens with zero attached hydrogens (tertiary/aromatic N) is 3. The highest BCUT2D eigenvalue weighted by Gasteiger charge is 2.36. The Hall–Kier alpha value is -2.97. The third-order valence-electron chi connectivity index (χ3n) is 5.32. The molecule has 0 aliphatic rings. The van der Waals surface area contributed by atoms with E-state index in [-0.39, 0.29) is 22.7 Å². The summed E-state index contributed by atoms with van der Waals surface area (Å²) in [7, 11) is 0. The van der Waals surface area contributed by atoms with E-state index in [4.69, 9.17) is 11.6 Å². The molecule has 3 aromatic rings. The van der Waals surface area contributed by atoms with Crippen LogP contribution in [-0.2, 0) is 35.2 Å². The van der Waals surface area contributed by atoms with Crippen molar-refractivity contribution in [2.45, 2.75) is 37.9 Å². The Morgan fingerprint density at radius 3 is 2.32 bits per heavy atom. The average Bonchev–Trinajstić information content (AvgIpc) is 3.11. The van der Waals surface area contributed by atoms with Gasteiger partial charge >= 0.3 is 18.0 Å². The molecule has 0 aliphatic heterocycles. The number of halogens is 7. The van der Waals surface area contributed by atoms with Gasteiger partial charge in [0.25, 0.3) is 0 Å².